The molecule has 0 aliphatic carbocycles. The van der Waals surface area contributed by atoms with Crippen molar-refractivity contribution in [1.82, 2.24) is 46.7 Å². The summed E-state index contributed by atoms with van der Waals surface area (Å²) in [6.07, 6.45) is 2.94. The van der Waals surface area contributed by atoms with E-state index in [0.717, 1.165) is 29.6 Å². The number of ether oxygens (including phenoxy) is 1. The van der Waals surface area contributed by atoms with E-state index in [9.17, 15) is 43.8 Å². The molecule has 0 unspecified atom stereocenters. The lowest BCUT2D eigenvalue weighted by Gasteiger charge is -2.38. The van der Waals surface area contributed by atoms with Crippen LogP contribution < -0.4 is 49.1 Å². The number of H-pyrrole nitrogens is 1. The number of aromatic amines is 1. The van der Waals surface area contributed by atoms with Gasteiger partial charge in [0.1, 0.15) is 42.3 Å². The molecule has 0 saturated carbocycles. The summed E-state index contributed by atoms with van der Waals surface area (Å²) < 4.78 is 5.52. The molecular weight excluding hydrogens is 1080 g/mol. The second-order valence-corrected chi connectivity index (χ2v) is 21.3. The van der Waals surface area contributed by atoms with E-state index in [-0.39, 0.29) is 64.0 Å². The van der Waals surface area contributed by atoms with Crippen molar-refractivity contribution in [1.29, 1.82) is 0 Å². The highest BCUT2D eigenvalue weighted by atomic mass is 16.5. The maximum absolute atomic E-state index is 15.1. The number of para-hydroxylation sites is 1. The van der Waals surface area contributed by atoms with E-state index >= 15 is 9.59 Å². The van der Waals surface area contributed by atoms with Crippen LogP contribution in [-0.2, 0) is 80.2 Å². The minimum atomic E-state index is -1.69. The Kier molecular flexibility index (Phi) is 25.0. The van der Waals surface area contributed by atoms with Crippen LogP contribution >= 0.6 is 0 Å². The molecule has 25 heteroatoms. The molecule has 84 heavy (non-hydrogen) atoms. The van der Waals surface area contributed by atoms with Gasteiger partial charge in [0, 0.05) is 76.0 Å². The Labute approximate surface area is 488 Å². The van der Waals surface area contributed by atoms with Crippen LogP contribution in [0.2, 0.25) is 0 Å². The fourth-order valence-electron chi connectivity index (χ4n) is 10.3. The number of unbranched alkanes of at least 4 members (excludes halogenated alkanes) is 2. The molecule has 7 atom stereocenters. The number of carbonyl (C=O) groups is 9. The van der Waals surface area contributed by atoms with Gasteiger partial charge < -0.3 is 73.9 Å². The molecule has 1 aromatic heterocycles. The van der Waals surface area contributed by atoms with Crippen LogP contribution in [-0.4, -0.2) is 166 Å². The van der Waals surface area contributed by atoms with Gasteiger partial charge in [-0.25, -0.2) is 4.79 Å². The van der Waals surface area contributed by atoms with Gasteiger partial charge in [0.25, 0.3) is 0 Å². The number of rotatable bonds is 32. The van der Waals surface area contributed by atoms with E-state index in [1.165, 1.54) is 11.8 Å². The average Bonchev–Trinajstić information content (AvgIpc) is 4.04. The molecule has 1 saturated heterocycles. The number of morpholine rings is 1. The van der Waals surface area contributed by atoms with Crippen LogP contribution in [0, 0.1) is 0 Å². The summed E-state index contributed by atoms with van der Waals surface area (Å²) in [6, 6.07) is 12.1. The summed E-state index contributed by atoms with van der Waals surface area (Å²) >= 11 is 0. The summed E-state index contributed by atoms with van der Waals surface area (Å²) in [5.74, 6) is -8.40. The first-order chi connectivity index (χ1) is 40.3. The van der Waals surface area contributed by atoms with Crippen molar-refractivity contribution in [3.8, 4) is 0 Å². The van der Waals surface area contributed by atoms with E-state index in [2.05, 4.69) is 46.8 Å². The standard InChI is InChI=1S/C59H81N13O12/c1-3-4-15-44(65-36(2)73)52(76)70-49(32-51(74)75)57(81)72-35-40-13-6-5-12-39(40)31-50(72)56(80)69-47(29-37-19-21-38(22-20-37)34-71-25-27-84-28-26-71)54(78)66-45(18-11-24-63-59(61)62)53(77)68-48(30-41-33-64-43-16-8-7-14-42(41)43)55(79)67-46(58(82)83)17-9-10-23-60/h5-8,12-14,16,19-22,33,44-50,64H,3-4,9-11,15,17-18,23-32,34-35,60H2,1-2H3,(H,65,73)(H,66,78)(H,67,79)(H,68,77)(H,69,80)(H,70,76)(H,74,75)(H,82,83)(H4,61,62,63)/t44-,45-,46-,47+,48-,49-,50-/m0/s1. The average molecular weight is 1160 g/mol. The van der Waals surface area contributed by atoms with Crippen LogP contribution in [0.25, 0.3) is 10.9 Å². The van der Waals surface area contributed by atoms with Crippen LogP contribution in [0.3, 0.4) is 0 Å². The first-order valence-electron chi connectivity index (χ1n) is 28.6. The molecule has 2 aliphatic heterocycles. The maximum atomic E-state index is 15.1. The third-order valence-corrected chi connectivity index (χ3v) is 14.8. The largest absolute Gasteiger partial charge is 0.481 e. The molecule has 4 aromatic rings. The number of aliphatic imine (C=N–C) groups is 1. The van der Waals surface area contributed by atoms with E-state index in [0.29, 0.717) is 74.2 Å². The fourth-order valence-corrected chi connectivity index (χ4v) is 10.3. The van der Waals surface area contributed by atoms with E-state index in [1.807, 2.05) is 55.5 Å². The number of amides is 7. The summed E-state index contributed by atoms with van der Waals surface area (Å²) in [5, 5.41) is 37.1. The van der Waals surface area contributed by atoms with Crippen molar-refractivity contribution < 1.29 is 58.1 Å². The highest BCUT2D eigenvalue weighted by molar-refractivity contribution is 5.99. The van der Waals surface area contributed by atoms with Gasteiger partial charge in [-0.05, 0) is 79.0 Å². The number of hydrogen-bond donors (Lipinski definition) is 12. The van der Waals surface area contributed by atoms with Gasteiger partial charge in [-0.1, -0.05) is 86.5 Å². The summed E-state index contributed by atoms with van der Waals surface area (Å²) in [5.41, 5.74) is 21.3. The van der Waals surface area contributed by atoms with Crippen LogP contribution in [0.5, 0.6) is 0 Å². The number of guanidine groups is 1. The van der Waals surface area contributed by atoms with Crippen LogP contribution in [0.15, 0.2) is 84.0 Å². The van der Waals surface area contributed by atoms with Crippen LogP contribution in [0.1, 0.15) is 99.5 Å². The van der Waals surface area contributed by atoms with Gasteiger partial charge in [-0.15, -0.1) is 0 Å². The summed E-state index contributed by atoms with van der Waals surface area (Å²) in [7, 11) is 0. The van der Waals surface area contributed by atoms with Crippen molar-refractivity contribution in [2.45, 2.75) is 146 Å². The number of carboxylic acids is 2. The summed E-state index contributed by atoms with van der Waals surface area (Å²) in [4.78, 5) is 136. The molecule has 0 bridgehead atoms. The van der Waals surface area contributed by atoms with E-state index in [4.69, 9.17) is 21.9 Å². The number of nitrogens with two attached hydrogens (primary N) is 3. The van der Waals surface area contributed by atoms with Gasteiger partial charge in [0.15, 0.2) is 5.96 Å². The lowest BCUT2D eigenvalue weighted by atomic mass is 9.92. The first-order valence-corrected chi connectivity index (χ1v) is 28.6. The third-order valence-electron chi connectivity index (χ3n) is 14.8. The molecule has 1 fully saturated rings. The normalized spacial score (nSPS) is 16.3. The van der Waals surface area contributed by atoms with E-state index in [1.54, 1.807) is 30.5 Å². The number of nitrogens with one attached hydrogen (secondary N) is 7. The number of aromatic nitrogens is 1. The van der Waals surface area contributed by atoms with Gasteiger partial charge in [0.05, 0.1) is 19.6 Å². The number of benzene rings is 3. The van der Waals surface area contributed by atoms with Gasteiger partial charge in [-0.2, -0.15) is 0 Å². The number of aliphatic carboxylic acids is 2. The molecule has 25 nitrogen and oxygen atoms in total. The quantitative estimate of drug-likeness (QED) is 0.0181. The second-order valence-electron chi connectivity index (χ2n) is 21.3. The molecule has 454 valence electrons. The monoisotopic (exact) mass is 1160 g/mol. The Hall–Kier alpha value is -8.42. The zero-order valence-corrected chi connectivity index (χ0v) is 47.7. The molecule has 2 aliphatic rings. The Morgan fingerprint density at radius 3 is 1.92 bits per heavy atom. The van der Waals surface area contributed by atoms with Gasteiger partial charge in [0.2, 0.25) is 41.4 Å². The molecule has 3 heterocycles. The predicted octanol–water partition coefficient (Wildman–Crippen LogP) is 0.600. The van der Waals surface area contributed by atoms with Crippen molar-refractivity contribution in [3.05, 3.63) is 107 Å². The van der Waals surface area contributed by atoms with Crippen LogP contribution in [0.4, 0.5) is 0 Å². The van der Waals surface area contributed by atoms with Crippen molar-refractivity contribution >= 4 is 70.2 Å². The zero-order valence-electron chi connectivity index (χ0n) is 47.7. The number of fused-ring (bicyclic) bond motifs is 2. The zero-order chi connectivity index (χ0) is 60.7. The Balaban J connectivity index is 1.34. The lowest BCUT2D eigenvalue weighted by Crippen LogP contribution is -2.62. The highest BCUT2D eigenvalue weighted by Crippen LogP contribution is 2.26. The molecule has 15 N–H and O–H groups in total. The number of hydrogen-bond acceptors (Lipinski definition) is 13. The smallest absolute Gasteiger partial charge is 0.326 e. The van der Waals surface area contributed by atoms with Crippen molar-refractivity contribution in [2.24, 2.45) is 22.2 Å². The first kappa shape index (κ1) is 64.7. The molecule has 3 aromatic carbocycles. The number of carboxylic acid groups (broad SMARTS) is 2. The minimum absolute atomic E-state index is 0.0320. The SMILES string of the molecule is CCCC[C@H](NC(C)=O)C(=O)N[C@@H](CC(=O)O)C(=O)N1Cc2ccccc2C[C@H]1C(=O)N[C@H](Cc1ccc(CN2CCOCC2)cc1)C(=O)N[C@@H](CCCN=C(N)N)C(=O)N[C@@H](Cc1c[nH]c2ccccc12)C(=O)N[C@@H](CCCCN)C(=O)O. The lowest BCUT2D eigenvalue weighted by molar-refractivity contribution is -0.148. The second kappa shape index (κ2) is 32.4. The third kappa shape index (κ3) is 19.6. The number of nitrogens with zero attached hydrogens (tertiary/aromatic N) is 3. The molecule has 0 spiro atoms. The van der Waals surface area contributed by atoms with Gasteiger partial charge in [-0.3, -0.25) is 48.2 Å². The Morgan fingerprint density at radius 2 is 1.26 bits per heavy atom. The molecular formula is C59H81N13O12. The maximum Gasteiger partial charge on any atom is 0.326 e. The van der Waals surface area contributed by atoms with E-state index < -0.39 is 102 Å². The van der Waals surface area contributed by atoms with Crippen molar-refractivity contribution in [3.63, 3.8) is 0 Å². The predicted molar refractivity (Wildman–Crippen MR) is 312 cm³/mol. The van der Waals surface area contributed by atoms with Gasteiger partial charge >= 0.3 is 11.9 Å². The Bertz CT molecular complexity index is 2940. The molecule has 6 rings (SSSR count). The molecule has 7 amide bonds. The Morgan fingerprint density at radius 1 is 0.679 bits per heavy atom. The molecule has 0 radical (unpaired) electrons. The number of carbonyl (C=O) groups excluding carboxylic acids is 7. The highest BCUT2D eigenvalue weighted by Gasteiger charge is 2.41. The topological polar surface area (TPSA) is 388 Å². The fraction of sp³-hybridized carbons (Fsp3) is 0.492. The summed E-state index contributed by atoms with van der Waals surface area (Å²) in [6.45, 7) is 6.61. The van der Waals surface area contributed by atoms with Crippen molar-refractivity contribution in [2.75, 3.05) is 39.4 Å². The minimum Gasteiger partial charge on any atom is -0.481 e.